The van der Waals surface area contributed by atoms with Crippen LogP contribution in [0.25, 0.3) is 15.2 Å². The number of thioether (sulfide) groups is 1. The fourth-order valence-corrected chi connectivity index (χ4v) is 5.54. The van der Waals surface area contributed by atoms with Gasteiger partial charge in [-0.1, -0.05) is 65.6 Å². The van der Waals surface area contributed by atoms with Gasteiger partial charge in [-0.2, -0.15) is 0 Å². The summed E-state index contributed by atoms with van der Waals surface area (Å²) in [6.07, 6.45) is 0.00651. The average molecular weight is 454 g/mol. The number of carbonyl (C=O) groups is 1. The van der Waals surface area contributed by atoms with Crippen molar-refractivity contribution in [3.63, 3.8) is 0 Å². The van der Waals surface area contributed by atoms with Gasteiger partial charge in [0.15, 0.2) is 5.16 Å². The van der Waals surface area contributed by atoms with Crippen molar-refractivity contribution in [3.05, 3.63) is 60.2 Å². The lowest BCUT2D eigenvalue weighted by molar-refractivity contribution is -0.119. The first-order valence-corrected chi connectivity index (χ1v) is 12.1. The minimum absolute atomic E-state index is 0.00651. The lowest BCUT2D eigenvalue weighted by Gasteiger charge is -2.33. The highest BCUT2D eigenvalue weighted by molar-refractivity contribution is 7.99. The van der Waals surface area contributed by atoms with E-state index in [9.17, 15) is 4.79 Å². The van der Waals surface area contributed by atoms with Crippen molar-refractivity contribution in [2.75, 3.05) is 32.0 Å². The Morgan fingerprint density at radius 2 is 2.00 bits per heavy atom. The van der Waals surface area contributed by atoms with Gasteiger partial charge in [0.05, 0.1) is 28.7 Å². The van der Waals surface area contributed by atoms with Gasteiger partial charge in [0, 0.05) is 26.2 Å². The molecule has 3 heterocycles. The summed E-state index contributed by atoms with van der Waals surface area (Å²) in [5.41, 5.74) is 2.37. The van der Waals surface area contributed by atoms with Crippen molar-refractivity contribution in [2.24, 2.45) is 0 Å². The second-order valence-corrected chi connectivity index (χ2v) is 9.43. The van der Waals surface area contributed by atoms with Gasteiger partial charge in [-0.05, 0) is 17.7 Å². The molecular weight excluding hydrogens is 430 g/mol. The van der Waals surface area contributed by atoms with E-state index >= 15 is 0 Å². The Hall–Kier alpha value is -2.46. The first-order valence-electron chi connectivity index (χ1n) is 10.3. The van der Waals surface area contributed by atoms with Gasteiger partial charge in [-0.15, -0.1) is 10.2 Å². The molecule has 1 fully saturated rings. The largest absolute Gasteiger partial charge is 0.374 e. The molecule has 1 atom stereocenters. The third kappa shape index (κ3) is 4.74. The van der Waals surface area contributed by atoms with Crippen LogP contribution in [0.5, 0.6) is 0 Å². The third-order valence-corrected chi connectivity index (χ3v) is 7.18. The number of benzene rings is 2. The lowest BCUT2D eigenvalue weighted by Crippen LogP contribution is -2.47. The topological polar surface area (TPSA) is 71.8 Å². The molecule has 0 spiro atoms. The van der Waals surface area contributed by atoms with E-state index in [1.54, 1.807) is 11.3 Å². The summed E-state index contributed by atoms with van der Waals surface area (Å²) in [4.78, 5) is 15.7. The molecule has 0 saturated carbocycles. The van der Waals surface area contributed by atoms with E-state index in [1.165, 1.54) is 17.3 Å². The molecule has 9 heteroatoms. The molecule has 1 aliphatic heterocycles. The van der Waals surface area contributed by atoms with Crippen LogP contribution in [0.2, 0.25) is 0 Å². The maximum absolute atomic E-state index is 12.4. The number of amides is 1. The molecule has 4 aromatic rings. The zero-order valence-corrected chi connectivity index (χ0v) is 18.6. The summed E-state index contributed by atoms with van der Waals surface area (Å²) in [5, 5.41) is 12.3. The number of fused-ring (bicyclic) bond motifs is 3. The predicted molar refractivity (Wildman–Crippen MR) is 124 cm³/mol. The molecule has 1 saturated heterocycles. The summed E-state index contributed by atoms with van der Waals surface area (Å²) in [6.45, 7) is 3.83. The number of carbonyl (C=O) groups excluding carboxylic acids is 1. The standard InChI is InChI=1S/C22H23N5O2S2/c28-20(15-30-21-24-25-22-27(21)18-8-4-5-9-19(18)31-22)23-12-17-14-26(10-11-29-17)13-16-6-2-1-3-7-16/h1-9,17H,10-15H2,(H,23,28). The van der Waals surface area contributed by atoms with Gasteiger partial charge < -0.3 is 10.1 Å². The molecule has 0 radical (unpaired) electrons. The van der Waals surface area contributed by atoms with Gasteiger partial charge in [0.1, 0.15) is 0 Å². The smallest absolute Gasteiger partial charge is 0.230 e. The SMILES string of the molecule is O=C(CSc1nnc2sc3ccccc3n12)NCC1CN(Cc2ccccc2)CCO1. The summed E-state index contributed by atoms with van der Waals surface area (Å²) >= 11 is 3.01. The summed E-state index contributed by atoms with van der Waals surface area (Å²) in [6, 6.07) is 18.6. The second kappa shape index (κ2) is 9.35. The molecule has 2 aromatic heterocycles. The summed E-state index contributed by atoms with van der Waals surface area (Å²) in [7, 11) is 0. The Kier molecular flexibility index (Phi) is 6.17. The number of rotatable bonds is 7. The zero-order valence-electron chi connectivity index (χ0n) is 16.9. The number of para-hydroxylation sites is 1. The lowest BCUT2D eigenvalue weighted by atomic mass is 10.2. The highest BCUT2D eigenvalue weighted by Crippen LogP contribution is 2.29. The molecule has 0 bridgehead atoms. The van der Waals surface area contributed by atoms with Crippen molar-refractivity contribution in [2.45, 2.75) is 17.8 Å². The normalized spacial score (nSPS) is 17.4. The van der Waals surface area contributed by atoms with Crippen LogP contribution in [-0.4, -0.2) is 63.5 Å². The van der Waals surface area contributed by atoms with Gasteiger partial charge in [0.2, 0.25) is 10.9 Å². The molecule has 160 valence electrons. The molecule has 1 unspecified atom stereocenters. The van der Waals surface area contributed by atoms with E-state index in [2.05, 4.69) is 50.7 Å². The van der Waals surface area contributed by atoms with E-state index in [0.717, 1.165) is 40.0 Å². The van der Waals surface area contributed by atoms with Crippen LogP contribution in [0.1, 0.15) is 5.56 Å². The zero-order chi connectivity index (χ0) is 21.0. The molecule has 0 aliphatic carbocycles. The quantitative estimate of drug-likeness (QED) is 0.434. The van der Waals surface area contributed by atoms with Crippen molar-refractivity contribution < 1.29 is 9.53 Å². The average Bonchev–Trinajstić information content (AvgIpc) is 3.37. The maximum Gasteiger partial charge on any atom is 0.230 e. The number of morpholine rings is 1. The van der Waals surface area contributed by atoms with E-state index < -0.39 is 0 Å². The van der Waals surface area contributed by atoms with E-state index in [-0.39, 0.29) is 12.0 Å². The molecule has 1 aliphatic rings. The number of ether oxygens (including phenoxy) is 1. The van der Waals surface area contributed by atoms with E-state index in [4.69, 9.17) is 4.74 Å². The van der Waals surface area contributed by atoms with E-state index in [0.29, 0.717) is 18.9 Å². The van der Waals surface area contributed by atoms with Crippen LogP contribution >= 0.6 is 23.1 Å². The van der Waals surface area contributed by atoms with Crippen molar-refractivity contribution in [1.82, 2.24) is 24.8 Å². The Morgan fingerprint density at radius 1 is 1.16 bits per heavy atom. The molecular formula is C22H23N5O2S2. The Bertz CT molecular complexity index is 1180. The number of hydrogen-bond donors (Lipinski definition) is 1. The number of thiazole rings is 1. The Morgan fingerprint density at radius 3 is 2.90 bits per heavy atom. The molecule has 5 rings (SSSR count). The number of aromatic nitrogens is 3. The molecule has 7 nitrogen and oxygen atoms in total. The molecule has 1 N–H and O–H groups in total. The first-order chi connectivity index (χ1) is 15.3. The van der Waals surface area contributed by atoms with Crippen molar-refractivity contribution in [1.29, 1.82) is 0 Å². The van der Waals surface area contributed by atoms with Gasteiger partial charge in [-0.3, -0.25) is 14.1 Å². The van der Waals surface area contributed by atoms with Gasteiger partial charge in [-0.25, -0.2) is 0 Å². The molecule has 2 aromatic carbocycles. The minimum Gasteiger partial charge on any atom is -0.374 e. The molecule has 1 amide bonds. The highest BCUT2D eigenvalue weighted by Gasteiger charge is 2.21. The number of nitrogens with one attached hydrogen (secondary N) is 1. The third-order valence-electron chi connectivity index (χ3n) is 5.24. The number of nitrogens with zero attached hydrogens (tertiary/aromatic N) is 4. The van der Waals surface area contributed by atoms with Gasteiger partial charge in [0.25, 0.3) is 0 Å². The van der Waals surface area contributed by atoms with Crippen LogP contribution in [0, 0.1) is 0 Å². The fourth-order valence-electron chi connectivity index (χ4n) is 3.75. The molecule has 31 heavy (non-hydrogen) atoms. The Labute approximate surface area is 188 Å². The monoisotopic (exact) mass is 453 g/mol. The fraction of sp³-hybridized carbons (Fsp3) is 0.318. The highest BCUT2D eigenvalue weighted by atomic mass is 32.2. The van der Waals surface area contributed by atoms with E-state index in [1.807, 2.05) is 28.7 Å². The van der Waals surface area contributed by atoms with Crippen molar-refractivity contribution in [3.8, 4) is 0 Å². The van der Waals surface area contributed by atoms with Crippen LogP contribution < -0.4 is 5.32 Å². The van der Waals surface area contributed by atoms with Crippen molar-refractivity contribution >= 4 is 44.2 Å². The predicted octanol–water partition coefficient (Wildman–Crippen LogP) is 3.05. The number of hydrogen-bond acceptors (Lipinski definition) is 7. The first kappa shape index (κ1) is 20.4. The summed E-state index contributed by atoms with van der Waals surface area (Å²) < 4.78 is 9.03. The van der Waals surface area contributed by atoms with Crippen LogP contribution in [0.15, 0.2) is 59.8 Å². The van der Waals surface area contributed by atoms with Gasteiger partial charge >= 0.3 is 0 Å². The maximum atomic E-state index is 12.4. The van der Waals surface area contributed by atoms with Crippen LogP contribution in [-0.2, 0) is 16.1 Å². The summed E-state index contributed by atoms with van der Waals surface area (Å²) in [5.74, 6) is 0.274. The van der Waals surface area contributed by atoms with Crippen LogP contribution in [0.3, 0.4) is 0 Å². The second-order valence-electron chi connectivity index (χ2n) is 7.48. The minimum atomic E-state index is -0.0231. The van der Waals surface area contributed by atoms with Crippen LogP contribution in [0.4, 0.5) is 0 Å². The Balaban J connectivity index is 1.12.